The highest BCUT2D eigenvalue weighted by atomic mass is 15.2. The maximum absolute atomic E-state index is 2.60. The Morgan fingerprint density at radius 1 is 0.519 bits per heavy atom. The maximum atomic E-state index is 2.60. The molecule has 1 unspecified atom stereocenters. The summed E-state index contributed by atoms with van der Waals surface area (Å²) in [6, 6.07) is 1.50. The van der Waals surface area contributed by atoms with Crippen LogP contribution in [0.2, 0.25) is 0 Å². The fraction of sp³-hybridized carbons (Fsp3) is 1.00. The lowest BCUT2D eigenvalue weighted by molar-refractivity contribution is 0.129. The molecule has 1 atom stereocenters. The second-order valence-electron chi connectivity index (χ2n) is 9.09. The van der Waals surface area contributed by atoms with Gasteiger partial charge >= 0.3 is 0 Å². The van der Waals surface area contributed by atoms with Gasteiger partial charge in [-0.15, -0.1) is 0 Å². The Morgan fingerprint density at radius 2 is 0.852 bits per heavy atom. The van der Waals surface area contributed by atoms with Gasteiger partial charge in [0, 0.05) is 18.6 Å². The summed E-state index contributed by atoms with van der Waals surface area (Å²) in [6.45, 7) is 31.9. The van der Waals surface area contributed by atoms with Crippen LogP contribution >= 0.6 is 0 Å². The van der Waals surface area contributed by atoms with Crippen LogP contribution in [0.3, 0.4) is 0 Å². The molecule has 166 valence electrons. The molecule has 0 aromatic heterocycles. The lowest BCUT2D eigenvalue weighted by Crippen LogP contribution is -2.39. The molecule has 0 radical (unpaired) electrons. The van der Waals surface area contributed by atoms with E-state index in [2.05, 4.69) is 65.2 Å². The zero-order valence-corrected chi connectivity index (χ0v) is 21.3. The minimum atomic E-state index is 0.748. The van der Waals surface area contributed by atoms with Crippen LogP contribution in [-0.4, -0.2) is 48.1 Å². The van der Waals surface area contributed by atoms with E-state index in [9.17, 15) is 0 Å². The molecule has 2 fully saturated rings. The summed E-state index contributed by atoms with van der Waals surface area (Å²) in [5, 5.41) is 0. The van der Waals surface area contributed by atoms with E-state index in [-0.39, 0.29) is 0 Å². The zero-order valence-electron chi connectivity index (χ0n) is 21.3. The van der Waals surface area contributed by atoms with Gasteiger partial charge in [0.25, 0.3) is 0 Å². The summed E-state index contributed by atoms with van der Waals surface area (Å²) in [5.74, 6) is 3.70. The Labute approximate surface area is 174 Å². The van der Waals surface area contributed by atoms with Crippen molar-refractivity contribution in [3.63, 3.8) is 0 Å². The van der Waals surface area contributed by atoms with Crippen LogP contribution in [0.1, 0.15) is 102 Å². The summed E-state index contributed by atoms with van der Waals surface area (Å²) in [7, 11) is 0. The van der Waals surface area contributed by atoms with Gasteiger partial charge in [0.1, 0.15) is 0 Å². The van der Waals surface area contributed by atoms with Crippen LogP contribution in [0.4, 0.5) is 0 Å². The first-order valence-corrected chi connectivity index (χ1v) is 12.2. The fourth-order valence-corrected chi connectivity index (χ4v) is 3.93. The molecule has 0 amide bonds. The van der Waals surface area contributed by atoms with E-state index in [0.717, 1.165) is 35.8 Å². The average molecular weight is 385 g/mol. The quantitative estimate of drug-likeness (QED) is 0.506. The van der Waals surface area contributed by atoms with Crippen molar-refractivity contribution in [3.05, 3.63) is 0 Å². The van der Waals surface area contributed by atoms with Gasteiger partial charge in [-0.3, -0.25) is 0 Å². The highest BCUT2D eigenvalue weighted by molar-refractivity contribution is 4.79. The standard InChI is InChI=1S/C11H23N.C10H21N.2C2H6/c1-9(2)11-5-7-12(8-6-11)10(3)4;1-8(2)10-5-6-11(7-10)9(3)4;2*1-2/h9-11H,5-8H2,1-4H3;8-10H,5-7H2,1-4H3;2*1-2H3. The Morgan fingerprint density at radius 3 is 1.11 bits per heavy atom. The normalized spacial score (nSPS) is 21.6. The number of hydrogen-bond donors (Lipinski definition) is 0. The summed E-state index contributed by atoms with van der Waals surface area (Å²) in [6.07, 6.45) is 4.24. The van der Waals surface area contributed by atoms with Gasteiger partial charge in [0.2, 0.25) is 0 Å². The molecule has 27 heavy (non-hydrogen) atoms. The van der Waals surface area contributed by atoms with Crippen molar-refractivity contribution in [2.45, 2.75) is 114 Å². The first kappa shape index (κ1) is 29.1. The molecule has 2 aliphatic rings. The molecule has 2 nitrogen and oxygen atoms in total. The summed E-state index contributed by atoms with van der Waals surface area (Å²) < 4.78 is 0. The van der Waals surface area contributed by atoms with Gasteiger partial charge in [0.05, 0.1) is 0 Å². The molecule has 0 aliphatic carbocycles. The summed E-state index contributed by atoms with van der Waals surface area (Å²) in [4.78, 5) is 5.18. The van der Waals surface area contributed by atoms with Crippen LogP contribution in [0.25, 0.3) is 0 Å². The van der Waals surface area contributed by atoms with Crippen molar-refractivity contribution in [2.24, 2.45) is 23.7 Å². The van der Waals surface area contributed by atoms with Gasteiger partial charge < -0.3 is 9.80 Å². The van der Waals surface area contributed by atoms with Gasteiger partial charge in [-0.2, -0.15) is 0 Å². The topological polar surface area (TPSA) is 6.48 Å². The van der Waals surface area contributed by atoms with Crippen molar-refractivity contribution in [1.29, 1.82) is 0 Å². The molecule has 0 saturated carbocycles. The van der Waals surface area contributed by atoms with E-state index in [1.54, 1.807) is 0 Å². The highest BCUT2D eigenvalue weighted by Gasteiger charge is 2.25. The SMILES string of the molecule is CC.CC.CC(C)C1CCN(C(C)C)C1.CC(C)C1CCN(C(C)C)CC1. The largest absolute Gasteiger partial charge is 0.301 e. The molecule has 0 aromatic carbocycles. The van der Waals surface area contributed by atoms with Gasteiger partial charge in [0.15, 0.2) is 0 Å². The second kappa shape index (κ2) is 16.8. The molecular weight excluding hydrogens is 328 g/mol. The first-order valence-electron chi connectivity index (χ1n) is 12.2. The molecular formula is C25H56N2. The van der Waals surface area contributed by atoms with Gasteiger partial charge in [-0.1, -0.05) is 55.4 Å². The minimum absolute atomic E-state index is 0.748. The number of rotatable bonds is 4. The Balaban J connectivity index is 0. The van der Waals surface area contributed by atoms with E-state index >= 15 is 0 Å². The van der Waals surface area contributed by atoms with Crippen LogP contribution in [-0.2, 0) is 0 Å². The fourth-order valence-electron chi connectivity index (χ4n) is 3.93. The average Bonchev–Trinajstić information content (AvgIpc) is 3.16. The summed E-state index contributed by atoms with van der Waals surface area (Å²) in [5.41, 5.74) is 0. The third-order valence-electron chi connectivity index (χ3n) is 6.18. The molecule has 0 aromatic rings. The van der Waals surface area contributed by atoms with E-state index in [4.69, 9.17) is 0 Å². The minimum Gasteiger partial charge on any atom is -0.301 e. The van der Waals surface area contributed by atoms with Crippen LogP contribution in [0.5, 0.6) is 0 Å². The lowest BCUT2D eigenvalue weighted by atomic mass is 9.86. The first-order chi connectivity index (χ1) is 12.7. The second-order valence-corrected chi connectivity index (χ2v) is 9.09. The van der Waals surface area contributed by atoms with Gasteiger partial charge in [-0.05, 0) is 90.3 Å². The van der Waals surface area contributed by atoms with Crippen LogP contribution in [0.15, 0.2) is 0 Å². The molecule has 0 N–H and O–H groups in total. The number of likely N-dealkylation sites (tertiary alicyclic amines) is 2. The smallest absolute Gasteiger partial charge is 0.00387 e. The molecule has 2 heteroatoms. The monoisotopic (exact) mass is 384 g/mol. The molecule has 2 heterocycles. The maximum Gasteiger partial charge on any atom is 0.00387 e. The Kier molecular flexibility index (Phi) is 18.2. The molecule has 0 bridgehead atoms. The van der Waals surface area contributed by atoms with E-state index in [1.807, 2.05) is 27.7 Å². The van der Waals surface area contributed by atoms with Crippen LogP contribution < -0.4 is 0 Å². The van der Waals surface area contributed by atoms with Crippen molar-refractivity contribution >= 4 is 0 Å². The Bertz CT molecular complexity index is 271. The number of nitrogens with zero attached hydrogens (tertiary/aromatic N) is 2. The van der Waals surface area contributed by atoms with E-state index < -0.39 is 0 Å². The molecule has 2 rings (SSSR count). The molecule has 2 aliphatic heterocycles. The highest BCUT2D eigenvalue weighted by Crippen LogP contribution is 2.25. The zero-order chi connectivity index (χ0) is 21.6. The number of hydrogen-bond acceptors (Lipinski definition) is 2. The van der Waals surface area contributed by atoms with E-state index in [1.165, 1.54) is 45.4 Å². The Hall–Kier alpha value is -0.0800. The number of piperidine rings is 1. The van der Waals surface area contributed by atoms with E-state index in [0.29, 0.717) is 0 Å². The predicted molar refractivity (Wildman–Crippen MR) is 127 cm³/mol. The molecule has 0 spiro atoms. The van der Waals surface area contributed by atoms with Crippen molar-refractivity contribution in [3.8, 4) is 0 Å². The third kappa shape index (κ3) is 12.2. The molecule has 2 saturated heterocycles. The lowest BCUT2D eigenvalue weighted by Gasteiger charge is -2.36. The van der Waals surface area contributed by atoms with Gasteiger partial charge in [-0.25, -0.2) is 0 Å². The van der Waals surface area contributed by atoms with Crippen molar-refractivity contribution in [1.82, 2.24) is 9.80 Å². The third-order valence-corrected chi connectivity index (χ3v) is 6.18. The summed E-state index contributed by atoms with van der Waals surface area (Å²) >= 11 is 0. The van der Waals surface area contributed by atoms with Crippen molar-refractivity contribution < 1.29 is 0 Å². The van der Waals surface area contributed by atoms with Crippen LogP contribution in [0, 0.1) is 23.7 Å². The predicted octanol–water partition coefficient (Wildman–Crippen LogP) is 7.19. The van der Waals surface area contributed by atoms with Crippen molar-refractivity contribution in [2.75, 3.05) is 26.2 Å².